The van der Waals surface area contributed by atoms with Crippen LogP contribution in [0.5, 0.6) is 0 Å². The minimum absolute atomic E-state index is 0.0823. The number of rotatable bonds is 7. The fraction of sp³-hybridized carbons (Fsp3) is 0.929. The molecule has 0 fully saturated rings. The fourth-order valence-electron chi connectivity index (χ4n) is 1.69. The average Bonchev–Trinajstić information content (AvgIpc) is 2.25. The van der Waals surface area contributed by atoms with Crippen molar-refractivity contribution in [1.82, 2.24) is 10.6 Å². The molecule has 1 unspecified atom stereocenters. The molecule has 0 aliphatic rings. The molecule has 0 aromatic heterocycles. The van der Waals surface area contributed by atoms with E-state index in [0.717, 1.165) is 19.4 Å². The first-order valence-corrected chi connectivity index (χ1v) is 6.67. The van der Waals surface area contributed by atoms with Crippen LogP contribution < -0.4 is 10.6 Å². The highest BCUT2D eigenvalue weighted by molar-refractivity contribution is 5.85. The molecule has 1 atom stereocenters. The molecule has 0 bridgehead atoms. The third kappa shape index (κ3) is 4.66. The van der Waals surface area contributed by atoms with Gasteiger partial charge in [0.25, 0.3) is 0 Å². The second-order valence-corrected chi connectivity index (χ2v) is 6.16. The minimum atomic E-state index is -0.449. The van der Waals surface area contributed by atoms with Gasteiger partial charge < -0.3 is 10.6 Å². The summed E-state index contributed by atoms with van der Waals surface area (Å²) in [5.74, 6) is 0.671. The van der Waals surface area contributed by atoms with Crippen molar-refractivity contribution in [3.8, 4) is 0 Å². The molecule has 0 aliphatic heterocycles. The lowest BCUT2D eigenvalue weighted by Crippen LogP contribution is -2.56. The molecule has 3 heteroatoms. The van der Waals surface area contributed by atoms with E-state index in [1.807, 2.05) is 6.92 Å². The summed E-state index contributed by atoms with van der Waals surface area (Å²) >= 11 is 0. The standard InChI is InChI=1S/C14H30N2O/c1-8-9-14(6,12(17)15-7)16-10-13(4,5)11(2)3/h11,16H,8-10H2,1-7H3,(H,15,17). The van der Waals surface area contributed by atoms with Crippen LogP contribution >= 0.6 is 0 Å². The quantitative estimate of drug-likeness (QED) is 0.720. The van der Waals surface area contributed by atoms with Crippen LogP contribution in [-0.2, 0) is 4.79 Å². The van der Waals surface area contributed by atoms with Crippen LogP contribution in [0.25, 0.3) is 0 Å². The summed E-state index contributed by atoms with van der Waals surface area (Å²) in [6.45, 7) is 13.9. The summed E-state index contributed by atoms with van der Waals surface area (Å²) in [4.78, 5) is 11.9. The number of amides is 1. The van der Waals surface area contributed by atoms with Gasteiger partial charge in [0.1, 0.15) is 0 Å². The number of carbonyl (C=O) groups is 1. The molecule has 3 nitrogen and oxygen atoms in total. The molecular formula is C14H30N2O. The topological polar surface area (TPSA) is 41.1 Å². The van der Waals surface area contributed by atoms with Gasteiger partial charge in [-0.25, -0.2) is 0 Å². The Hall–Kier alpha value is -0.570. The van der Waals surface area contributed by atoms with Crippen molar-refractivity contribution in [2.45, 2.75) is 59.9 Å². The Morgan fingerprint density at radius 1 is 1.24 bits per heavy atom. The van der Waals surface area contributed by atoms with Crippen LogP contribution in [0.3, 0.4) is 0 Å². The van der Waals surface area contributed by atoms with Gasteiger partial charge in [0.2, 0.25) is 5.91 Å². The predicted octanol–water partition coefficient (Wildman–Crippen LogP) is 2.56. The highest BCUT2D eigenvalue weighted by Crippen LogP contribution is 2.26. The Morgan fingerprint density at radius 3 is 2.12 bits per heavy atom. The molecule has 0 aliphatic carbocycles. The smallest absolute Gasteiger partial charge is 0.239 e. The van der Waals surface area contributed by atoms with Crippen LogP contribution in [0.2, 0.25) is 0 Å². The molecule has 0 aromatic rings. The van der Waals surface area contributed by atoms with Gasteiger partial charge in [-0.15, -0.1) is 0 Å². The SMILES string of the molecule is CCCC(C)(NCC(C)(C)C(C)C)C(=O)NC. The molecule has 0 aromatic carbocycles. The predicted molar refractivity (Wildman–Crippen MR) is 74.0 cm³/mol. The molecule has 0 heterocycles. The van der Waals surface area contributed by atoms with Crippen LogP contribution in [0.1, 0.15) is 54.4 Å². The van der Waals surface area contributed by atoms with E-state index in [0.29, 0.717) is 5.92 Å². The van der Waals surface area contributed by atoms with Crippen LogP contribution in [0.4, 0.5) is 0 Å². The van der Waals surface area contributed by atoms with Crippen molar-refractivity contribution < 1.29 is 4.79 Å². The first-order valence-electron chi connectivity index (χ1n) is 6.67. The summed E-state index contributed by atoms with van der Waals surface area (Å²) in [5.41, 5.74) is -0.251. The molecule has 17 heavy (non-hydrogen) atoms. The van der Waals surface area contributed by atoms with E-state index in [2.05, 4.69) is 45.3 Å². The highest BCUT2D eigenvalue weighted by Gasteiger charge is 2.33. The Bertz CT molecular complexity index is 249. The van der Waals surface area contributed by atoms with Gasteiger partial charge in [0.15, 0.2) is 0 Å². The molecule has 1 amide bonds. The summed E-state index contributed by atoms with van der Waals surface area (Å²) in [6.07, 6.45) is 1.86. The molecule has 0 saturated carbocycles. The second kappa shape index (κ2) is 6.39. The van der Waals surface area contributed by atoms with E-state index in [-0.39, 0.29) is 11.3 Å². The lowest BCUT2D eigenvalue weighted by Gasteiger charge is -2.36. The largest absolute Gasteiger partial charge is 0.358 e. The van der Waals surface area contributed by atoms with Crippen molar-refractivity contribution in [1.29, 1.82) is 0 Å². The average molecular weight is 242 g/mol. The maximum atomic E-state index is 11.9. The van der Waals surface area contributed by atoms with Gasteiger partial charge in [-0.05, 0) is 24.7 Å². The maximum Gasteiger partial charge on any atom is 0.239 e. The molecule has 2 N–H and O–H groups in total. The Balaban J connectivity index is 4.62. The summed E-state index contributed by atoms with van der Waals surface area (Å²) < 4.78 is 0. The zero-order valence-electron chi connectivity index (χ0n) is 12.6. The van der Waals surface area contributed by atoms with Gasteiger partial charge in [0, 0.05) is 13.6 Å². The first kappa shape index (κ1) is 16.4. The molecule has 0 radical (unpaired) electrons. The van der Waals surface area contributed by atoms with E-state index in [1.54, 1.807) is 7.05 Å². The molecule has 0 saturated heterocycles. The molecule has 0 spiro atoms. The van der Waals surface area contributed by atoms with Crippen molar-refractivity contribution in [2.75, 3.05) is 13.6 Å². The summed E-state index contributed by atoms with van der Waals surface area (Å²) in [7, 11) is 1.70. The van der Waals surface area contributed by atoms with E-state index in [1.165, 1.54) is 0 Å². The number of likely N-dealkylation sites (N-methyl/N-ethyl adjacent to an activating group) is 1. The van der Waals surface area contributed by atoms with Crippen LogP contribution in [0.15, 0.2) is 0 Å². The molecule has 102 valence electrons. The van der Waals surface area contributed by atoms with Gasteiger partial charge in [-0.3, -0.25) is 4.79 Å². The van der Waals surface area contributed by atoms with E-state index in [9.17, 15) is 4.79 Å². The van der Waals surface area contributed by atoms with Crippen molar-refractivity contribution in [3.05, 3.63) is 0 Å². The zero-order chi connectivity index (χ0) is 13.7. The normalized spacial score (nSPS) is 15.8. The van der Waals surface area contributed by atoms with Crippen LogP contribution in [0, 0.1) is 11.3 Å². The Morgan fingerprint density at radius 2 is 1.76 bits per heavy atom. The van der Waals surface area contributed by atoms with Gasteiger partial charge >= 0.3 is 0 Å². The fourth-order valence-corrected chi connectivity index (χ4v) is 1.69. The van der Waals surface area contributed by atoms with Crippen molar-refractivity contribution in [3.63, 3.8) is 0 Å². The van der Waals surface area contributed by atoms with E-state index >= 15 is 0 Å². The maximum absolute atomic E-state index is 11.9. The lowest BCUT2D eigenvalue weighted by molar-refractivity contribution is -0.127. The van der Waals surface area contributed by atoms with Crippen molar-refractivity contribution in [2.24, 2.45) is 11.3 Å². The van der Waals surface area contributed by atoms with E-state index in [4.69, 9.17) is 0 Å². The van der Waals surface area contributed by atoms with Crippen molar-refractivity contribution >= 4 is 5.91 Å². The van der Waals surface area contributed by atoms with E-state index < -0.39 is 5.54 Å². The lowest BCUT2D eigenvalue weighted by atomic mass is 9.80. The van der Waals surface area contributed by atoms with Gasteiger partial charge in [-0.1, -0.05) is 41.0 Å². The minimum Gasteiger partial charge on any atom is -0.358 e. The number of hydrogen-bond donors (Lipinski definition) is 2. The number of carbonyl (C=O) groups excluding carboxylic acids is 1. The number of hydrogen-bond acceptors (Lipinski definition) is 2. The van der Waals surface area contributed by atoms with Gasteiger partial charge in [0.05, 0.1) is 5.54 Å². The first-order chi connectivity index (χ1) is 7.69. The Labute approximate surface area is 107 Å². The summed E-state index contributed by atoms with van der Waals surface area (Å²) in [5, 5.41) is 6.21. The number of nitrogens with one attached hydrogen (secondary N) is 2. The third-order valence-corrected chi connectivity index (χ3v) is 3.98. The Kier molecular flexibility index (Phi) is 6.17. The monoisotopic (exact) mass is 242 g/mol. The molecule has 0 rings (SSSR count). The summed E-state index contributed by atoms with van der Waals surface area (Å²) in [6, 6.07) is 0. The third-order valence-electron chi connectivity index (χ3n) is 3.98. The second-order valence-electron chi connectivity index (χ2n) is 6.16. The van der Waals surface area contributed by atoms with Gasteiger partial charge in [-0.2, -0.15) is 0 Å². The highest BCUT2D eigenvalue weighted by atomic mass is 16.2. The molecular weight excluding hydrogens is 212 g/mol. The zero-order valence-corrected chi connectivity index (χ0v) is 12.6. The van der Waals surface area contributed by atoms with Crippen LogP contribution in [-0.4, -0.2) is 25.0 Å².